The number of hydrogen-bond acceptors (Lipinski definition) is 3. The first-order chi connectivity index (χ1) is 10.00. The van der Waals surface area contributed by atoms with E-state index in [-0.39, 0.29) is 0 Å². The third-order valence-electron chi connectivity index (χ3n) is 3.82. The van der Waals surface area contributed by atoms with E-state index in [2.05, 4.69) is 19.2 Å². The van der Waals surface area contributed by atoms with Gasteiger partial charge in [0.1, 0.15) is 0 Å². The number of sulfonamides is 1. The summed E-state index contributed by atoms with van der Waals surface area (Å²) in [7, 11) is -3.34. The van der Waals surface area contributed by atoms with Gasteiger partial charge in [0.25, 0.3) is 0 Å². The van der Waals surface area contributed by atoms with Crippen molar-refractivity contribution in [2.24, 2.45) is 0 Å². The molecule has 4 nitrogen and oxygen atoms in total. The van der Waals surface area contributed by atoms with Gasteiger partial charge in [-0.15, -0.1) is 0 Å². The van der Waals surface area contributed by atoms with Crippen molar-refractivity contribution in [1.82, 2.24) is 9.62 Å². The summed E-state index contributed by atoms with van der Waals surface area (Å²) in [6.45, 7) is 6.16. The summed E-state index contributed by atoms with van der Waals surface area (Å²) in [5.41, 5.74) is 1.01. The number of nitrogens with one attached hydrogen (secondary N) is 1. The van der Waals surface area contributed by atoms with E-state index in [1.165, 1.54) is 0 Å². The van der Waals surface area contributed by atoms with Crippen molar-refractivity contribution < 1.29 is 8.42 Å². The molecule has 0 atom stereocenters. The van der Waals surface area contributed by atoms with Crippen molar-refractivity contribution >= 4 is 10.0 Å². The maximum Gasteiger partial charge on any atom is 0.243 e. The van der Waals surface area contributed by atoms with Crippen LogP contribution in [-0.2, 0) is 16.6 Å². The van der Waals surface area contributed by atoms with Crippen LogP contribution in [0.3, 0.4) is 0 Å². The first-order valence-electron chi connectivity index (χ1n) is 7.82. The van der Waals surface area contributed by atoms with Gasteiger partial charge in [-0.2, -0.15) is 4.31 Å². The van der Waals surface area contributed by atoms with Crippen LogP contribution in [0.1, 0.15) is 45.1 Å². The molecular formula is C16H26N2O2S. The van der Waals surface area contributed by atoms with E-state index in [1.807, 2.05) is 12.1 Å². The van der Waals surface area contributed by atoms with Crippen LogP contribution in [-0.4, -0.2) is 31.9 Å². The Morgan fingerprint density at radius 2 is 1.81 bits per heavy atom. The predicted molar refractivity (Wildman–Crippen MR) is 85.6 cm³/mol. The average Bonchev–Trinajstić information content (AvgIpc) is 2.75. The summed E-state index contributed by atoms with van der Waals surface area (Å²) in [6.07, 6.45) is 4.19. The largest absolute Gasteiger partial charge is 0.310 e. The Labute approximate surface area is 128 Å². The molecule has 1 fully saturated rings. The predicted octanol–water partition coefficient (Wildman–Crippen LogP) is 2.75. The summed E-state index contributed by atoms with van der Waals surface area (Å²) in [5.74, 6) is 0. The third-order valence-corrected chi connectivity index (χ3v) is 5.71. The second kappa shape index (κ2) is 7.38. The van der Waals surface area contributed by atoms with Gasteiger partial charge in [0, 0.05) is 25.7 Å². The maximum atomic E-state index is 12.7. The lowest BCUT2D eigenvalue weighted by Crippen LogP contribution is -2.32. The van der Waals surface area contributed by atoms with Gasteiger partial charge in [0.15, 0.2) is 0 Å². The van der Waals surface area contributed by atoms with E-state index in [4.69, 9.17) is 0 Å². The number of hydrogen-bond donors (Lipinski definition) is 1. The van der Waals surface area contributed by atoms with Crippen LogP contribution in [0, 0.1) is 0 Å². The third kappa shape index (κ3) is 4.53. The highest BCUT2D eigenvalue weighted by atomic mass is 32.2. The molecule has 5 heteroatoms. The summed E-state index contributed by atoms with van der Waals surface area (Å²) in [6, 6.07) is 7.70. The topological polar surface area (TPSA) is 49.4 Å². The standard InChI is InChI=1S/C16H26N2O2S/c1-14(2)17-13-15-8-7-9-16(12-15)21(19,20)18-10-5-3-4-6-11-18/h7-9,12,14,17H,3-6,10-11,13H2,1-2H3. The molecule has 0 saturated carbocycles. The fourth-order valence-electron chi connectivity index (χ4n) is 2.57. The molecule has 1 saturated heterocycles. The Hall–Kier alpha value is -0.910. The van der Waals surface area contributed by atoms with Crippen molar-refractivity contribution in [1.29, 1.82) is 0 Å². The highest BCUT2D eigenvalue weighted by Gasteiger charge is 2.25. The minimum Gasteiger partial charge on any atom is -0.310 e. The van der Waals surface area contributed by atoms with E-state index in [0.29, 0.717) is 30.6 Å². The zero-order valence-corrected chi connectivity index (χ0v) is 13.8. The van der Waals surface area contributed by atoms with Gasteiger partial charge >= 0.3 is 0 Å². The molecule has 0 unspecified atom stereocenters. The van der Waals surface area contributed by atoms with Gasteiger partial charge in [0.05, 0.1) is 4.90 Å². The highest BCUT2D eigenvalue weighted by Crippen LogP contribution is 2.21. The number of rotatable bonds is 5. The second-order valence-corrected chi connectivity index (χ2v) is 7.94. The zero-order chi connectivity index (χ0) is 15.3. The van der Waals surface area contributed by atoms with Crippen molar-refractivity contribution in [2.45, 2.75) is 57.0 Å². The molecule has 1 heterocycles. The average molecular weight is 310 g/mol. The molecule has 0 spiro atoms. The van der Waals surface area contributed by atoms with E-state index >= 15 is 0 Å². The SMILES string of the molecule is CC(C)NCc1cccc(S(=O)(=O)N2CCCCCC2)c1. The molecule has 1 aliphatic rings. The van der Waals surface area contributed by atoms with Crippen LogP contribution < -0.4 is 5.32 Å². The quantitative estimate of drug-likeness (QED) is 0.910. The van der Waals surface area contributed by atoms with Gasteiger partial charge < -0.3 is 5.32 Å². The molecule has 0 bridgehead atoms. The Balaban J connectivity index is 2.17. The lowest BCUT2D eigenvalue weighted by Gasteiger charge is -2.20. The minimum absolute atomic E-state index is 0.385. The molecular weight excluding hydrogens is 284 g/mol. The molecule has 1 N–H and O–H groups in total. The van der Waals surface area contributed by atoms with Gasteiger partial charge in [-0.1, -0.05) is 38.8 Å². The van der Waals surface area contributed by atoms with Gasteiger partial charge in [-0.3, -0.25) is 0 Å². The zero-order valence-electron chi connectivity index (χ0n) is 13.0. The van der Waals surface area contributed by atoms with Gasteiger partial charge in [0.2, 0.25) is 10.0 Å². The van der Waals surface area contributed by atoms with Crippen molar-refractivity contribution in [3.63, 3.8) is 0 Å². The summed E-state index contributed by atoms with van der Waals surface area (Å²) < 4.78 is 27.1. The van der Waals surface area contributed by atoms with E-state index in [9.17, 15) is 8.42 Å². The first kappa shape index (κ1) is 16.5. The lowest BCUT2D eigenvalue weighted by molar-refractivity contribution is 0.423. The fraction of sp³-hybridized carbons (Fsp3) is 0.625. The Morgan fingerprint density at radius 3 is 2.43 bits per heavy atom. The van der Waals surface area contributed by atoms with Crippen LogP contribution in [0.25, 0.3) is 0 Å². The summed E-state index contributed by atoms with van der Waals surface area (Å²) in [5, 5.41) is 3.32. The molecule has 0 aromatic heterocycles. The molecule has 0 aliphatic carbocycles. The fourth-order valence-corrected chi connectivity index (χ4v) is 4.16. The van der Waals surface area contributed by atoms with Gasteiger partial charge in [-0.05, 0) is 30.5 Å². The Morgan fingerprint density at radius 1 is 1.14 bits per heavy atom. The first-order valence-corrected chi connectivity index (χ1v) is 9.26. The molecule has 1 aromatic carbocycles. The summed E-state index contributed by atoms with van der Waals surface area (Å²) in [4.78, 5) is 0.424. The van der Waals surface area contributed by atoms with Crippen LogP contribution in [0.2, 0.25) is 0 Å². The maximum absolute atomic E-state index is 12.7. The van der Waals surface area contributed by atoms with Crippen molar-refractivity contribution in [3.8, 4) is 0 Å². The molecule has 1 aliphatic heterocycles. The van der Waals surface area contributed by atoms with Crippen molar-refractivity contribution in [3.05, 3.63) is 29.8 Å². The van der Waals surface area contributed by atoms with Crippen LogP contribution in [0.15, 0.2) is 29.2 Å². The molecule has 0 radical (unpaired) electrons. The normalized spacial score (nSPS) is 17.9. The number of benzene rings is 1. The van der Waals surface area contributed by atoms with Crippen LogP contribution in [0.4, 0.5) is 0 Å². The van der Waals surface area contributed by atoms with E-state index < -0.39 is 10.0 Å². The lowest BCUT2D eigenvalue weighted by atomic mass is 10.2. The monoisotopic (exact) mass is 310 g/mol. The number of nitrogens with zero attached hydrogens (tertiary/aromatic N) is 1. The Kier molecular flexibility index (Phi) is 5.79. The molecule has 0 amide bonds. The molecule has 1 aromatic rings. The van der Waals surface area contributed by atoms with E-state index in [1.54, 1.807) is 16.4 Å². The van der Waals surface area contributed by atoms with Crippen LogP contribution in [0.5, 0.6) is 0 Å². The highest BCUT2D eigenvalue weighted by molar-refractivity contribution is 7.89. The molecule has 21 heavy (non-hydrogen) atoms. The second-order valence-electron chi connectivity index (χ2n) is 6.00. The minimum atomic E-state index is -3.34. The van der Waals surface area contributed by atoms with E-state index in [0.717, 1.165) is 31.2 Å². The van der Waals surface area contributed by atoms with Crippen molar-refractivity contribution in [2.75, 3.05) is 13.1 Å². The van der Waals surface area contributed by atoms with Crippen LogP contribution >= 0.6 is 0 Å². The smallest absolute Gasteiger partial charge is 0.243 e. The Bertz CT molecular complexity index is 547. The molecule has 2 rings (SSSR count). The van der Waals surface area contributed by atoms with Gasteiger partial charge in [-0.25, -0.2) is 8.42 Å². The summed E-state index contributed by atoms with van der Waals surface area (Å²) >= 11 is 0. The molecule has 118 valence electrons.